The number of hydrogen-bond acceptors (Lipinski definition) is 2. The standard InChI is InChI=1S/C17H34N2/c1-4-15-8-6-7-9-17(15)19-12-10-14(3)18-16(5-2)11-13-19/h14-18H,4-13H2,1-3H3. The maximum atomic E-state index is 3.79. The van der Waals surface area contributed by atoms with Gasteiger partial charge in [-0.1, -0.05) is 33.1 Å². The molecule has 0 amide bonds. The Hall–Kier alpha value is -0.0800. The smallest absolute Gasteiger partial charge is 0.0123 e. The van der Waals surface area contributed by atoms with E-state index in [1.807, 2.05) is 0 Å². The zero-order valence-electron chi connectivity index (χ0n) is 13.3. The highest BCUT2D eigenvalue weighted by molar-refractivity contribution is 4.86. The van der Waals surface area contributed by atoms with Crippen molar-refractivity contribution >= 4 is 0 Å². The molecule has 4 unspecified atom stereocenters. The number of rotatable bonds is 3. The van der Waals surface area contributed by atoms with E-state index in [1.165, 1.54) is 64.5 Å². The van der Waals surface area contributed by atoms with Gasteiger partial charge in [-0.2, -0.15) is 0 Å². The monoisotopic (exact) mass is 266 g/mol. The van der Waals surface area contributed by atoms with E-state index in [0.29, 0.717) is 6.04 Å². The lowest BCUT2D eigenvalue weighted by Crippen LogP contribution is -2.49. The van der Waals surface area contributed by atoms with Crippen LogP contribution in [0.3, 0.4) is 0 Å². The molecular formula is C17H34N2. The van der Waals surface area contributed by atoms with Crippen molar-refractivity contribution in [1.82, 2.24) is 10.2 Å². The Kier molecular flexibility index (Phi) is 6.15. The molecule has 2 fully saturated rings. The van der Waals surface area contributed by atoms with Crippen molar-refractivity contribution in [3.8, 4) is 0 Å². The predicted molar refractivity (Wildman–Crippen MR) is 83.5 cm³/mol. The minimum atomic E-state index is 0.691. The molecule has 0 bridgehead atoms. The van der Waals surface area contributed by atoms with Crippen LogP contribution in [0.5, 0.6) is 0 Å². The summed E-state index contributed by atoms with van der Waals surface area (Å²) in [6.45, 7) is 9.72. The first-order valence-corrected chi connectivity index (χ1v) is 8.74. The molecular weight excluding hydrogens is 232 g/mol. The lowest BCUT2D eigenvalue weighted by atomic mass is 9.81. The van der Waals surface area contributed by atoms with E-state index in [-0.39, 0.29) is 0 Å². The second-order valence-corrected chi connectivity index (χ2v) is 6.81. The maximum Gasteiger partial charge on any atom is 0.0123 e. The highest BCUT2D eigenvalue weighted by Gasteiger charge is 2.30. The van der Waals surface area contributed by atoms with E-state index in [9.17, 15) is 0 Å². The molecule has 1 saturated heterocycles. The topological polar surface area (TPSA) is 15.3 Å². The van der Waals surface area contributed by atoms with Crippen LogP contribution in [0.4, 0.5) is 0 Å². The third kappa shape index (κ3) is 4.19. The summed E-state index contributed by atoms with van der Waals surface area (Å²) in [5.41, 5.74) is 0. The molecule has 1 saturated carbocycles. The van der Waals surface area contributed by atoms with Gasteiger partial charge in [-0.25, -0.2) is 0 Å². The van der Waals surface area contributed by atoms with Crippen LogP contribution in [0.1, 0.15) is 72.1 Å². The molecule has 1 aliphatic carbocycles. The summed E-state index contributed by atoms with van der Waals surface area (Å²) in [6.07, 6.45) is 11.2. The summed E-state index contributed by atoms with van der Waals surface area (Å²) < 4.78 is 0. The molecule has 1 N–H and O–H groups in total. The van der Waals surface area contributed by atoms with Crippen LogP contribution in [-0.2, 0) is 0 Å². The second kappa shape index (κ2) is 7.64. The average Bonchev–Trinajstić information content (AvgIpc) is 2.43. The molecule has 0 radical (unpaired) electrons. The zero-order valence-corrected chi connectivity index (χ0v) is 13.3. The van der Waals surface area contributed by atoms with Crippen LogP contribution in [0.15, 0.2) is 0 Å². The summed E-state index contributed by atoms with van der Waals surface area (Å²) in [6, 6.07) is 2.32. The maximum absolute atomic E-state index is 3.79. The van der Waals surface area contributed by atoms with E-state index >= 15 is 0 Å². The molecule has 2 nitrogen and oxygen atoms in total. The SMILES string of the molecule is CCC1CCN(C2CCCCC2CC)CCC(C)N1. The Morgan fingerprint density at radius 2 is 1.68 bits per heavy atom. The molecule has 1 heterocycles. The van der Waals surface area contributed by atoms with Crippen LogP contribution < -0.4 is 5.32 Å². The quantitative estimate of drug-likeness (QED) is 0.835. The molecule has 2 rings (SSSR count). The van der Waals surface area contributed by atoms with Crippen molar-refractivity contribution < 1.29 is 0 Å². The highest BCUT2D eigenvalue weighted by Crippen LogP contribution is 2.31. The van der Waals surface area contributed by atoms with Gasteiger partial charge >= 0.3 is 0 Å². The number of nitrogens with zero attached hydrogens (tertiary/aromatic N) is 1. The van der Waals surface area contributed by atoms with Gasteiger partial charge in [0.05, 0.1) is 0 Å². The molecule has 0 aromatic rings. The van der Waals surface area contributed by atoms with Gasteiger partial charge in [0.25, 0.3) is 0 Å². The zero-order chi connectivity index (χ0) is 13.7. The van der Waals surface area contributed by atoms with Crippen molar-refractivity contribution in [2.45, 2.75) is 90.3 Å². The third-order valence-corrected chi connectivity index (χ3v) is 5.49. The van der Waals surface area contributed by atoms with Crippen molar-refractivity contribution in [3.63, 3.8) is 0 Å². The van der Waals surface area contributed by atoms with Crippen molar-refractivity contribution in [1.29, 1.82) is 0 Å². The third-order valence-electron chi connectivity index (χ3n) is 5.49. The van der Waals surface area contributed by atoms with E-state index in [0.717, 1.165) is 18.0 Å². The predicted octanol–water partition coefficient (Wildman–Crippen LogP) is 3.81. The lowest BCUT2D eigenvalue weighted by molar-refractivity contribution is 0.0838. The van der Waals surface area contributed by atoms with E-state index < -0.39 is 0 Å². The van der Waals surface area contributed by atoms with E-state index in [2.05, 4.69) is 31.0 Å². The van der Waals surface area contributed by atoms with Gasteiger partial charge in [0.1, 0.15) is 0 Å². The molecule has 2 aliphatic rings. The van der Waals surface area contributed by atoms with Crippen molar-refractivity contribution in [2.75, 3.05) is 13.1 Å². The fourth-order valence-electron chi connectivity index (χ4n) is 4.16. The molecule has 1 aliphatic heterocycles. The Labute approximate surface area is 120 Å². The number of nitrogens with one attached hydrogen (secondary N) is 1. The van der Waals surface area contributed by atoms with Gasteiger partial charge in [-0.15, -0.1) is 0 Å². The van der Waals surface area contributed by atoms with Gasteiger partial charge in [0.2, 0.25) is 0 Å². The summed E-state index contributed by atoms with van der Waals surface area (Å²) in [5, 5.41) is 3.79. The van der Waals surface area contributed by atoms with Crippen molar-refractivity contribution in [2.24, 2.45) is 5.92 Å². The molecule has 0 aromatic carbocycles. The van der Waals surface area contributed by atoms with Crippen LogP contribution in [0.25, 0.3) is 0 Å². The first-order valence-electron chi connectivity index (χ1n) is 8.74. The van der Waals surface area contributed by atoms with Gasteiger partial charge < -0.3 is 5.32 Å². The average molecular weight is 266 g/mol. The summed E-state index contributed by atoms with van der Waals surface area (Å²) in [5.74, 6) is 0.969. The van der Waals surface area contributed by atoms with Crippen LogP contribution in [0, 0.1) is 5.92 Å². The van der Waals surface area contributed by atoms with E-state index in [4.69, 9.17) is 0 Å². The fourth-order valence-corrected chi connectivity index (χ4v) is 4.16. The minimum absolute atomic E-state index is 0.691. The summed E-state index contributed by atoms with van der Waals surface area (Å²) in [4.78, 5) is 2.85. The Morgan fingerprint density at radius 1 is 0.947 bits per heavy atom. The van der Waals surface area contributed by atoms with E-state index in [1.54, 1.807) is 0 Å². The van der Waals surface area contributed by atoms with Gasteiger partial charge in [-0.3, -0.25) is 4.90 Å². The molecule has 0 spiro atoms. The van der Waals surface area contributed by atoms with Crippen LogP contribution in [0.2, 0.25) is 0 Å². The lowest BCUT2D eigenvalue weighted by Gasteiger charge is -2.42. The Balaban J connectivity index is 1.96. The second-order valence-electron chi connectivity index (χ2n) is 6.81. The summed E-state index contributed by atoms with van der Waals surface area (Å²) in [7, 11) is 0. The molecule has 0 aromatic heterocycles. The van der Waals surface area contributed by atoms with Gasteiger partial charge in [-0.05, 0) is 58.0 Å². The Morgan fingerprint density at radius 3 is 2.42 bits per heavy atom. The largest absolute Gasteiger partial charge is 0.311 e. The molecule has 112 valence electrons. The molecule has 2 heteroatoms. The first-order chi connectivity index (χ1) is 9.24. The molecule has 19 heavy (non-hydrogen) atoms. The van der Waals surface area contributed by atoms with Gasteiger partial charge in [0, 0.05) is 18.1 Å². The van der Waals surface area contributed by atoms with Crippen LogP contribution >= 0.6 is 0 Å². The highest BCUT2D eigenvalue weighted by atomic mass is 15.2. The molecule has 4 atom stereocenters. The van der Waals surface area contributed by atoms with Gasteiger partial charge in [0.15, 0.2) is 0 Å². The first kappa shape index (κ1) is 15.3. The van der Waals surface area contributed by atoms with Crippen molar-refractivity contribution in [3.05, 3.63) is 0 Å². The minimum Gasteiger partial charge on any atom is -0.311 e. The Bertz CT molecular complexity index is 254. The normalized spacial score (nSPS) is 38.7. The van der Waals surface area contributed by atoms with Crippen LogP contribution in [-0.4, -0.2) is 36.1 Å². The number of hydrogen-bond donors (Lipinski definition) is 1. The fraction of sp³-hybridized carbons (Fsp3) is 1.00. The summed E-state index contributed by atoms with van der Waals surface area (Å²) >= 11 is 0.